The van der Waals surface area contributed by atoms with Crippen molar-refractivity contribution >= 4 is 29.0 Å². The molecule has 106 valence electrons. The number of likely N-dealkylation sites (N-methyl/N-ethyl adjacent to an activating group) is 1. The van der Waals surface area contributed by atoms with E-state index in [0.29, 0.717) is 29.3 Å². The molecule has 1 aliphatic rings. The maximum Gasteiger partial charge on any atom is 0.335 e. The fraction of sp³-hybridized carbons (Fsp3) is 0.333. The zero-order valence-electron chi connectivity index (χ0n) is 11.6. The molecule has 1 aromatic rings. The van der Waals surface area contributed by atoms with Crippen LogP contribution in [0.3, 0.4) is 0 Å². The molecule has 2 N–H and O–H groups in total. The Bertz CT molecular complexity index is 554. The largest absolute Gasteiger partial charge is 0.478 e. The van der Waals surface area contributed by atoms with Crippen molar-refractivity contribution in [2.24, 2.45) is 0 Å². The van der Waals surface area contributed by atoms with Crippen LogP contribution >= 0.6 is 12.2 Å². The first-order chi connectivity index (χ1) is 9.60. The van der Waals surface area contributed by atoms with Crippen molar-refractivity contribution in [3.05, 3.63) is 41.5 Å². The molecular weight excluding hydrogens is 272 g/mol. The van der Waals surface area contributed by atoms with E-state index in [4.69, 9.17) is 12.2 Å². The molecule has 1 aromatic carbocycles. The van der Waals surface area contributed by atoms with E-state index in [9.17, 15) is 9.90 Å². The lowest BCUT2D eigenvalue weighted by Gasteiger charge is -2.38. The third-order valence-electron chi connectivity index (χ3n) is 3.49. The van der Waals surface area contributed by atoms with Gasteiger partial charge in [0.1, 0.15) is 0 Å². The molecule has 1 aliphatic heterocycles. The van der Waals surface area contributed by atoms with Gasteiger partial charge >= 0.3 is 5.97 Å². The van der Waals surface area contributed by atoms with Crippen LogP contribution in [-0.4, -0.2) is 33.7 Å². The molecule has 1 atom stereocenters. The van der Waals surface area contributed by atoms with E-state index >= 15 is 0 Å². The lowest BCUT2D eigenvalue weighted by atomic mass is 9.95. The molecule has 0 bridgehead atoms. The third-order valence-corrected chi connectivity index (χ3v) is 3.83. The smallest absolute Gasteiger partial charge is 0.335 e. The minimum Gasteiger partial charge on any atom is -0.478 e. The Balaban J connectivity index is 2.59. The van der Waals surface area contributed by atoms with Gasteiger partial charge in [0.15, 0.2) is 5.11 Å². The van der Waals surface area contributed by atoms with Crippen LogP contribution in [0.1, 0.15) is 25.8 Å². The number of thiocarbonyl (C=S) groups is 1. The molecule has 0 spiro atoms. The van der Waals surface area contributed by atoms with Crippen LogP contribution in [0.25, 0.3) is 5.70 Å². The van der Waals surface area contributed by atoms with Gasteiger partial charge in [0.25, 0.3) is 0 Å². The molecule has 0 amide bonds. The fourth-order valence-corrected chi connectivity index (χ4v) is 2.94. The predicted octanol–water partition coefficient (Wildman–Crippen LogP) is 2.47. The Morgan fingerprint density at radius 1 is 1.35 bits per heavy atom. The number of nitrogens with zero attached hydrogens (tertiary/aromatic N) is 1. The minimum absolute atomic E-state index is 0.193. The van der Waals surface area contributed by atoms with Gasteiger partial charge in [0, 0.05) is 6.54 Å². The first-order valence-electron chi connectivity index (χ1n) is 6.70. The maximum atomic E-state index is 11.7. The van der Waals surface area contributed by atoms with Crippen molar-refractivity contribution in [1.82, 2.24) is 10.2 Å². The van der Waals surface area contributed by atoms with E-state index in [1.165, 1.54) is 0 Å². The first kappa shape index (κ1) is 14.5. The summed E-state index contributed by atoms with van der Waals surface area (Å²) in [7, 11) is 0. The van der Waals surface area contributed by atoms with Crippen molar-refractivity contribution < 1.29 is 9.90 Å². The van der Waals surface area contributed by atoms with Gasteiger partial charge < -0.3 is 15.3 Å². The molecule has 1 heterocycles. The van der Waals surface area contributed by atoms with E-state index in [1.54, 1.807) is 0 Å². The van der Waals surface area contributed by atoms with Gasteiger partial charge in [-0.2, -0.15) is 0 Å². The van der Waals surface area contributed by atoms with Gasteiger partial charge in [-0.25, -0.2) is 4.79 Å². The number of aliphatic carboxylic acids is 1. The number of hydrogen-bond donors (Lipinski definition) is 2. The van der Waals surface area contributed by atoms with Crippen molar-refractivity contribution in [1.29, 1.82) is 0 Å². The minimum atomic E-state index is -0.899. The van der Waals surface area contributed by atoms with Crippen molar-refractivity contribution in [2.75, 3.05) is 6.54 Å². The topological polar surface area (TPSA) is 52.6 Å². The highest BCUT2D eigenvalue weighted by Crippen LogP contribution is 2.28. The zero-order valence-corrected chi connectivity index (χ0v) is 12.4. The highest BCUT2D eigenvalue weighted by Gasteiger charge is 2.34. The number of carboxylic acid groups (broad SMARTS) is 1. The number of nitrogens with one attached hydrogen (secondary N) is 1. The molecule has 1 unspecified atom stereocenters. The van der Waals surface area contributed by atoms with Gasteiger partial charge in [-0.3, -0.25) is 0 Å². The number of hydrogen-bond acceptors (Lipinski definition) is 2. The summed E-state index contributed by atoms with van der Waals surface area (Å²) in [6.45, 7) is 4.64. The average molecular weight is 290 g/mol. The highest BCUT2D eigenvalue weighted by atomic mass is 32.1. The summed E-state index contributed by atoms with van der Waals surface area (Å²) in [5.41, 5.74) is 1.84. The summed E-state index contributed by atoms with van der Waals surface area (Å²) in [5.74, 6) is -0.899. The van der Waals surface area contributed by atoms with Crippen molar-refractivity contribution in [3.8, 4) is 0 Å². The molecule has 0 fully saturated rings. The zero-order chi connectivity index (χ0) is 14.7. The Hall–Kier alpha value is -1.88. The second kappa shape index (κ2) is 6.05. The molecule has 20 heavy (non-hydrogen) atoms. The lowest BCUT2D eigenvalue weighted by molar-refractivity contribution is -0.133. The monoisotopic (exact) mass is 290 g/mol. The summed E-state index contributed by atoms with van der Waals surface area (Å²) in [6.07, 6.45) is 0.702. The number of rotatable bonds is 4. The Morgan fingerprint density at radius 3 is 2.50 bits per heavy atom. The maximum absolute atomic E-state index is 11.7. The molecule has 2 rings (SSSR count). The Morgan fingerprint density at radius 2 is 2.00 bits per heavy atom. The van der Waals surface area contributed by atoms with Crippen LogP contribution in [0.2, 0.25) is 0 Å². The van der Waals surface area contributed by atoms with Crippen LogP contribution in [0.5, 0.6) is 0 Å². The summed E-state index contributed by atoms with van der Waals surface area (Å²) < 4.78 is 0. The summed E-state index contributed by atoms with van der Waals surface area (Å²) in [5, 5.41) is 13.3. The number of carboxylic acids is 1. The fourth-order valence-electron chi connectivity index (χ4n) is 2.58. The van der Waals surface area contributed by atoms with E-state index in [2.05, 4.69) is 5.32 Å². The van der Waals surface area contributed by atoms with Crippen LogP contribution in [0.4, 0.5) is 0 Å². The molecule has 4 nitrogen and oxygen atoms in total. The quantitative estimate of drug-likeness (QED) is 0.834. The van der Waals surface area contributed by atoms with E-state index < -0.39 is 5.97 Å². The SMILES string of the molecule is CCC1C(C(=O)O)=C(c2ccccc2)NC(=S)N1CC. The first-order valence-corrected chi connectivity index (χ1v) is 7.11. The normalized spacial score (nSPS) is 19.0. The molecule has 0 saturated carbocycles. The van der Waals surface area contributed by atoms with Crippen LogP contribution in [0, 0.1) is 0 Å². The van der Waals surface area contributed by atoms with Gasteiger partial charge in [-0.1, -0.05) is 37.3 Å². The van der Waals surface area contributed by atoms with Crippen molar-refractivity contribution in [2.45, 2.75) is 26.3 Å². The van der Waals surface area contributed by atoms with Crippen LogP contribution < -0.4 is 5.32 Å². The number of carbonyl (C=O) groups is 1. The van der Waals surface area contributed by atoms with Gasteiger partial charge in [0.05, 0.1) is 17.3 Å². The second-order valence-corrected chi connectivity index (χ2v) is 4.99. The van der Waals surface area contributed by atoms with Gasteiger partial charge in [-0.05, 0) is 31.1 Å². The summed E-state index contributed by atoms with van der Waals surface area (Å²) in [6, 6.07) is 9.27. The third kappa shape index (κ3) is 2.54. The molecule has 0 aliphatic carbocycles. The lowest BCUT2D eigenvalue weighted by Crippen LogP contribution is -2.52. The average Bonchev–Trinajstić information content (AvgIpc) is 2.46. The molecule has 5 heteroatoms. The number of benzene rings is 1. The predicted molar refractivity (Wildman–Crippen MR) is 83.2 cm³/mol. The highest BCUT2D eigenvalue weighted by molar-refractivity contribution is 7.80. The molecule has 0 saturated heterocycles. The van der Waals surface area contributed by atoms with Gasteiger partial charge in [-0.15, -0.1) is 0 Å². The standard InChI is InChI=1S/C15H18N2O2S/c1-3-11-12(14(18)19)13(10-8-6-5-7-9-10)16-15(20)17(11)4-2/h5-9,11H,3-4H2,1-2H3,(H,16,20)(H,18,19). The van der Waals surface area contributed by atoms with Crippen LogP contribution in [0.15, 0.2) is 35.9 Å². The van der Waals surface area contributed by atoms with E-state index in [1.807, 2.05) is 49.1 Å². The Labute approximate surface area is 124 Å². The van der Waals surface area contributed by atoms with Gasteiger partial charge in [0.2, 0.25) is 0 Å². The summed E-state index contributed by atoms with van der Waals surface area (Å²) >= 11 is 5.37. The second-order valence-electron chi connectivity index (χ2n) is 4.60. The van der Waals surface area contributed by atoms with Crippen LogP contribution in [-0.2, 0) is 4.79 Å². The summed E-state index contributed by atoms with van der Waals surface area (Å²) in [4.78, 5) is 13.6. The van der Waals surface area contributed by atoms with E-state index in [0.717, 1.165) is 5.56 Å². The molecular formula is C15H18N2O2S. The van der Waals surface area contributed by atoms with Crippen molar-refractivity contribution in [3.63, 3.8) is 0 Å². The Kier molecular flexibility index (Phi) is 4.39. The van der Waals surface area contributed by atoms with E-state index in [-0.39, 0.29) is 6.04 Å². The molecule has 0 radical (unpaired) electrons. The molecule has 0 aromatic heterocycles.